The Morgan fingerprint density at radius 1 is 0.974 bits per heavy atom. The molecule has 192 valence electrons. The fourth-order valence-electron chi connectivity index (χ4n) is 4.24. The number of thioether (sulfide) groups is 1. The van der Waals surface area contributed by atoms with Gasteiger partial charge in [-0.15, -0.1) is 0 Å². The van der Waals surface area contributed by atoms with Gasteiger partial charge in [-0.1, -0.05) is 54.2 Å². The molecule has 0 aromatic heterocycles. The van der Waals surface area contributed by atoms with E-state index in [0.717, 1.165) is 5.56 Å². The highest BCUT2D eigenvalue weighted by molar-refractivity contribution is 8.03. The summed E-state index contributed by atoms with van der Waals surface area (Å²) in [5.41, 5.74) is 3.28. The fraction of sp³-hybridized carbons (Fsp3) is 0.167. The zero-order valence-corrected chi connectivity index (χ0v) is 22.1. The highest BCUT2D eigenvalue weighted by Gasteiger charge is 2.35. The number of nitriles is 1. The van der Waals surface area contributed by atoms with Crippen molar-refractivity contribution in [3.63, 3.8) is 0 Å². The first kappa shape index (κ1) is 26.6. The number of amides is 1. The van der Waals surface area contributed by atoms with Crippen LogP contribution in [0.25, 0.3) is 0 Å². The minimum Gasteiger partial charge on any atom is -0.497 e. The molecular formula is C30H27N3O4S. The summed E-state index contributed by atoms with van der Waals surface area (Å²) in [6, 6.07) is 25.8. The van der Waals surface area contributed by atoms with Crippen LogP contribution in [0.4, 0.5) is 5.69 Å². The van der Waals surface area contributed by atoms with Crippen molar-refractivity contribution in [2.45, 2.75) is 12.8 Å². The van der Waals surface area contributed by atoms with Crippen molar-refractivity contribution < 1.29 is 19.1 Å². The van der Waals surface area contributed by atoms with Crippen molar-refractivity contribution in [2.75, 3.05) is 25.3 Å². The van der Waals surface area contributed by atoms with E-state index in [1.165, 1.54) is 18.9 Å². The number of carbonyl (C=O) groups is 2. The Hall–Kier alpha value is -4.48. The Kier molecular flexibility index (Phi) is 8.51. The average molecular weight is 526 g/mol. The van der Waals surface area contributed by atoms with Gasteiger partial charge in [0.25, 0.3) is 5.91 Å². The van der Waals surface area contributed by atoms with Crippen molar-refractivity contribution in [1.82, 2.24) is 5.32 Å². The summed E-state index contributed by atoms with van der Waals surface area (Å²) in [5, 5.41) is 17.0. The summed E-state index contributed by atoms with van der Waals surface area (Å²) < 4.78 is 10.5. The summed E-state index contributed by atoms with van der Waals surface area (Å²) in [7, 11) is 3.11. The Bertz CT molecular complexity index is 1440. The van der Waals surface area contributed by atoms with Crippen LogP contribution in [-0.2, 0) is 4.79 Å². The Balaban J connectivity index is 1.65. The standard InChI is InChI=1S/C30H27N3O4S/c1-19-27(29(35)33-24-11-7-8-12-26(24)37-3)28(21-9-5-4-6-10-21)23(17-31)30(32-19)38-18-25(34)20-13-15-22(36-2)16-14-20/h4-16,28,32H,18H2,1-3H3,(H,33,35)/t28-/m0/s1. The molecule has 0 saturated carbocycles. The third-order valence-electron chi connectivity index (χ3n) is 6.14. The fourth-order valence-corrected chi connectivity index (χ4v) is 5.23. The number of carbonyl (C=O) groups excluding carboxylic acids is 2. The number of methoxy groups -OCH3 is 2. The number of ketones is 1. The van der Waals surface area contributed by atoms with Gasteiger partial charge in [0.2, 0.25) is 0 Å². The zero-order chi connectivity index (χ0) is 27.1. The molecule has 0 aliphatic carbocycles. The molecule has 2 N–H and O–H groups in total. The highest BCUT2D eigenvalue weighted by Crippen LogP contribution is 2.41. The van der Waals surface area contributed by atoms with E-state index in [-0.39, 0.29) is 17.4 Å². The molecule has 4 rings (SSSR count). The lowest BCUT2D eigenvalue weighted by Gasteiger charge is -2.30. The molecule has 1 aliphatic rings. The summed E-state index contributed by atoms with van der Waals surface area (Å²) in [5.74, 6) is 0.278. The molecule has 38 heavy (non-hydrogen) atoms. The molecule has 0 radical (unpaired) electrons. The largest absolute Gasteiger partial charge is 0.497 e. The molecule has 0 unspecified atom stereocenters. The van der Waals surface area contributed by atoms with Crippen LogP contribution < -0.4 is 20.1 Å². The van der Waals surface area contributed by atoms with E-state index < -0.39 is 5.92 Å². The first-order valence-electron chi connectivity index (χ1n) is 11.9. The minimum absolute atomic E-state index is 0.0816. The highest BCUT2D eigenvalue weighted by atomic mass is 32.2. The molecule has 1 heterocycles. The van der Waals surface area contributed by atoms with Gasteiger partial charge in [-0.25, -0.2) is 0 Å². The number of rotatable bonds is 9. The predicted octanol–water partition coefficient (Wildman–Crippen LogP) is 5.65. The van der Waals surface area contributed by atoms with Gasteiger partial charge in [-0.2, -0.15) is 5.26 Å². The lowest BCUT2D eigenvalue weighted by atomic mass is 9.82. The van der Waals surface area contributed by atoms with Crippen LogP contribution in [0.3, 0.4) is 0 Å². The quantitative estimate of drug-likeness (QED) is 0.348. The SMILES string of the molecule is COc1ccc(C(=O)CSC2=C(C#N)[C@H](c3ccccc3)C(C(=O)Nc3ccccc3OC)=C(C)N2)cc1. The number of Topliss-reactive ketones (excluding diaryl/α,β-unsaturated/α-hetero) is 1. The summed E-state index contributed by atoms with van der Waals surface area (Å²) in [6.45, 7) is 1.80. The molecule has 1 aliphatic heterocycles. The lowest BCUT2D eigenvalue weighted by molar-refractivity contribution is -0.113. The van der Waals surface area contributed by atoms with Crippen molar-refractivity contribution in [1.29, 1.82) is 5.26 Å². The van der Waals surface area contributed by atoms with Crippen LogP contribution in [0.1, 0.15) is 28.8 Å². The number of hydrogen-bond acceptors (Lipinski definition) is 7. The van der Waals surface area contributed by atoms with Gasteiger partial charge in [0.1, 0.15) is 11.5 Å². The Morgan fingerprint density at radius 3 is 2.32 bits per heavy atom. The normalized spacial score (nSPS) is 14.8. The molecule has 0 fully saturated rings. The third kappa shape index (κ3) is 5.74. The molecule has 1 atom stereocenters. The third-order valence-corrected chi connectivity index (χ3v) is 7.16. The number of para-hydroxylation sites is 2. The smallest absolute Gasteiger partial charge is 0.254 e. The average Bonchev–Trinajstić information content (AvgIpc) is 2.96. The van der Waals surface area contributed by atoms with Gasteiger partial charge < -0.3 is 20.1 Å². The number of allylic oxidation sites excluding steroid dienone is 2. The van der Waals surface area contributed by atoms with E-state index in [1.54, 1.807) is 50.4 Å². The topological polar surface area (TPSA) is 100 Å². The predicted molar refractivity (Wildman–Crippen MR) is 149 cm³/mol. The van der Waals surface area contributed by atoms with Gasteiger partial charge in [0.05, 0.1) is 48.2 Å². The Morgan fingerprint density at radius 2 is 1.66 bits per heavy atom. The minimum atomic E-state index is -0.615. The van der Waals surface area contributed by atoms with Crippen molar-refractivity contribution >= 4 is 29.1 Å². The zero-order valence-electron chi connectivity index (χ0n) is 21.3. The molecule has 3 aromatic carbocycles. The maximum atomic E-state index is 13.6. The van der Waals surface area contributed by atoms with Crippen molar-refractivity contribution in [3.05, 3.63) is 112 Å². The number of anilines is 1. The molecule has 7 nitrogen and oxygen atoms in total. The van der Waals surface area contributed by atoms with Crippen molar-refractivity contribution in [2.24, 2.45) is 0 Å². The second-order valence-corrected chi connectivity index (χ2v) is 9.44. The molecule has 0 saturated heterocycles. The van der Waals surface area contributed by atoms with Crippen LogP contribution in [0.2, 0.25) is 0 Å². The molecule has 0 bridgehead atoms. The Labute approximate surface area is 226 Å². The van der Waals surface area contributed by atoms with E-state index >= 15 is 0 Å². The number of dihydropyridines is 1. The van der Waals surface area contributed by atoms with Crippen LogP contribution in [0, 0.1) is 11.3 Å². The summed E-state index contributed by atoms with van der Waals surface area (Å²) in [6.07, 6.45) is 0. The second kappa shape index (κ2) is 12.2. The van der Waals surface area contributed by atoms with E-state index in [4.69, 9.17) is 9.47 Å². The van der Waals surface area contributed by atoms with Gasteiger partial charge in [-0.05, 0) is 48.9 Å². The summed E-state index contributed by atoms with van der Waals surface area (Å²) in [4.78, 5) is 26.5. The van der Waals surface area contributed by atoms with Crippen molar-refractivity contribution in [3.8, 4) is 17.6 Å². The van der Waals surface area contributed by atoms with Gasteiger partial charge in [0.15, 0.2) is 5.78 Å². The molecular weight excluding hydrogens is 498 g/mol. The summed E-state index contributed by atoms with van der Waals surface area (Å²) >= 11 is 1.25. The van der Waals surface area contributed by atoms with Gasteiger partial charge in [0, 0.05) is 16.8 Å². The second-order valence-electron chi connectivity index (χ2n) is 8.46. The monoisotopic (exact) mass is 525 g/mol. The molecule has 1 amide bonds. The number of ether oxygens (including phenoxy) is 2. The molecule has 0 spiro atoms. The number of benzene rings is 3. The molecule has 3 aromatic rings. The van der Waals surface area contributed by atoms with E-state index in [2.05, 4.69) is 16.7 Å². The van der Waals surface area contributed by atoms with Crippen LogP contribution >= 0.6 is 11.8 Å². The maximum absolute atomic E-state index is 13.6. The van der Waals surface area contributed by atoms with E-state index in [0.29, 0.717) is 44.6 Å². The van der Waals surface area contributed by atoms with Crippen LogP contribution in [0.15, 0.2) is 101 Å². The van der Waals surface area contributed by atoms with Gasteiger partial charge >= 0.3 is 0 Å². The lowest BCUT2D eigenvalue weighted by Crippen LogP contribution is -2.31. The number of hydrogen-bond donors (Lipinski definition) is 2. The van der Waals surface area contributed by atoms with Crippen LogP contribution in [-0.4, -0.2) is 31.7 Å². The van der Waals surface area contributed by atoms with Crippen LogP contribution in [0.5, 0.6) is 11.5 Å². The first-order chi connectivity index (χ1) is 18.5. The number of nitrogens with one attached hydrogen (secondary N) is 2. The number of nitrogens with zero attached hydrogens (tertiary/aromatic N) is 1. The van der Waals surface area contributed by atoms with E-state index in [1.807, 2.05) is 42.5 Å². The van der Waals surface area contributed by atoms with E-state index in [9.17, 15) is 14.9 Å². The maximum Gasteiger partial charge on any atom is 0.254 e. The van der Waals surface area contributed by atoms with Gasteiger partial charge in [-0.3, -0.25) is 9.59 Å². The first-order valence-corrected chi connectivity index (χ1v) is 12.9. The molecule has 8 heteroatoms.